The lowest BCUT2D eigenvalue weighted by atomic mass is 10.2. The Hall–Kier alpha value is -2.24. The van der Waals surface area contributed by atoms with Gasteiger partial charge in [0.05, 0.1) is 6.04 Å². The number of benzene rings is 2. The van der Waals surface area contributed by atoms with Crippen molar-refractivity contribution in [3.05, 3.63) is 60.2 Å². The first-order chi connectivity index (χ1) is 9.81. The summed E-state index contributed by atoms with van der Waals surface area (Å²) < 4.78 is 5.81. The molecule has 1 atom stereocenters. The van der Waals surface area contributed by atoms with Gasteiger partial charge in [-0.25, -0.2) is 0 Å². The van der Waals surface area contributed by atoms with Crippen LogP contribution in [0.1, 0.15) is 18.9 Å². The summed E-state index contributed by atoms with van der Waals surface area (Å²) in [5.41, 5.74) is 1.16. The van der Waals surface area contributed by atoms with Crippen LogP contribution in [0.15, 0.2) is 54.6 Å². The molecule has 0 aromatic heterocycles. The highest BCUT2D eigenvalue weighted by molar-refractivity contribution is 5.33. The van der Waals surface area contributed by atoms with Crippen LogP contribution in [0.25, 0.3) is 0 Å². The lowest BCUT2D eigenvalue weighted by molar-refractivity contribution is 0.481. The van der Waals surface area contributed by atoms with Crippen LogP contribution >= 0.6 is 0 Å². The van der Waals surface area contributed by atoms with E-state index in [-0.39, 0.29) is 6.04 Å². The number of ether oxygens (including phenoxy) is 1. The molecule has 2 aromatic carbocycles. The van der Waals surface area contributed by atoms with Crippen LogP contribution in [0.4, 0.5) is 0 Å². The Kier molecular flexibility index (Phi) is 5.23. The molecule has 1 unspecified atom stereocenters. The van der Waals surface area contributed by atoms with Crippen LogP contribution in [-0.2, 0) is 6.54 Å². The van der Waals surface area contributed by atoms with Gasteiger partial charge in [-0.15, -0.1) is 6.42 Å². The Morgan fingerprint density at radius 1 is 1.10 bits per heavy atom. The maximum absolute atomic E-state index is 5.81. The molecule has 0 aliphatic carbocycles. The molecule has 0 saturated carbocycles. The molecular formula is C18H19NO. The van der Waals surface area contributed by atoms with Gasteiger partial charge < -0.3 is 4.74 Å². The molecule has 102 valence electrons. The smallest absolute Gasteiger partial charge is 0.127 e. The van der Waals surface area contributed by atoms with E-state index >= 15 is 0 Å². The van der Waals surface area contributed by atoms with E-state index in [4.69, 9.17) is 11.2 Å². The first kappa shape index (κ1) is 14.2. The molecule has 0 heterocycles. The molecule has 0 fully saturated rings. The first-order valence-electron chi connectivity index (χ1n) is 6.83. The number of para-hydroxylation sites is 1. The topological polar surface area (TPSA) is 21.3 Å². The van der Waals surface area contributed by atoms with Crippen molar-refractivity contribution in [2.75, 3.05) is 0 Å². The normalized spacial score (nSPS) is 11.6. The van der Waals surface area contributed by atoms with Crippen molar-refractivity contribution < 1.29 is 4.74 Å². The third-order valence-corrected chi connectivity index (χ3v) is 3.04. The van der Waals surface area contributed by atoms with E-state index in [2.05, 4.69) is 24.2 Å². The Balaban J connectivity index is 1.99. The number of hydrogen-bond acceptors (Lipinski definition) is 2. The van der Waals surface area contributed by atoms with Crippen LogP contribution < -0.4 is 10.1 Å². The predicted octanol–water partition coefficient (Wildman–Crippen LogP) is 3.98. The van der Waals surface area contributed by atoms with Crippen LogP contribution in [0.5, 0.6) is 11.5 Å². The molecule has 2 rings (SSSR count). The molecule has 0 aliphatic heterocycles. The minimum absolute atomic E-state index is 0.119. The van der Waals surface area contributed by atoms with Gasteiger partial charge in [-0.2, -0.15) is 0 Å². The maximum Gasteiger partial charge on any atom is 0.127 e. The summed E-state index contributed by atoms with van der Waals surface area (Å²) in [5, 5.41) is 3.33. The second-order valence-corrected chi connectivity index (χ2v) is 4.57. The highest BCUT2D eigenvalue weighted by atomic mass is 16.5. The summed E-state index contributed by atoms with van der Waals surface area (Å²) in [7, 11) is 0. The van der Waals surface area contributed by atoms with Gasteiger partial charge in [0.25, 0.3) is 0 Å². The zero-order valence-electron chi connectivity index (χ0n) is 11.7. The molecule has 0 spiro atoms. The maximum atomic E-state index is 5.81. The Labute approximate surface area is 120 Å². The highest BCUT2D eigenvalue weighted by Crippen LogP contribution is 2.21. The van der Waals surface area contributed by atoms with E-state index in [1.165, 1.54) is 0 Å². The average molecular weight is 265 g/mol. The van der Waals surface area contributed by atoms with E-state index in [1.54, 1.807) is 0 Å². The number of hydrogen-bond donors (Lipinski definition) is 1. The molecule has 20 heavy (non-hydrogen) atoms. The Morgan fingerprint density at radius 3 is 2.55 bits per heavy atom. The fraction of sp³-hybridized carbons (Fsp3) is 0.222. The van der Waals surface area contributed by atoms with Crippen LogP contribution in [0.2, 0.25) is 0 Å². The van der Waals surface area contributed by atoms with Crippen molar-refractivity contribution in [3.8, 4) is 23.8 Å². The predicted molar refractivity (Wildman–Crippen MR) is 82.7 cm³/mol. The van der Waals surface area contributed by atoms with E-state index in [0.717, 1.165) is 30.0 Å². The lowest BCUT2D eigenvalue weighted by Crippen LogP contribution is -2.26. The lowest BCUT2D eigenvalue weighted by Gasteiger charge is -2.11. The summed E-state index contributed by atoms with van der Waals surface area (Å²) in [6.45, 7) is 2.82. The molecule has 2 nitrogen and oxygen atoms in total. The molecule has 1 N–H and O–H groups in total. The molecule has 0 radical (unpaired) electrons. The highest BCUT2D eigenvalue weighted by Gasteiger charge is 2.02. The Morgan fingerprint density at radius 2 is 1.85 bits per heavy atom. The van der Waals surface area contributed by atoms with Gasteiger partial charge in [-0.3, -0.25) is 5.32 Å². The van der Waals surface area contributed by atoms with Crippen LogP contribution in [0, 0.1) is 12.3 Å². The average Bonchev–Trinajstić information content (AvgIpc) is 2.50. The molecule has 0 saturated heterocycles. The van der Waals surface area contributed by atoms with E-state index < -0.39 is 0 Å². The van der Waals surface area contributed by atoms with Gasteiger partial charge in [0.15, 0.2) is 0 Å². The van der Waals surface area contributed by atoms with Crippen molar-refractivity contribution in [1.82, 2.24) is 5.32 Å². The summed E-state index contributed by atoms with van der Waals surface area (Å²) in [6, 6.07) is 17.9. The fourth-order valence-corrected chi connectivity index (χ4v) is 1.91. The van der Waals surface area contributed by atoms with Crippen molar-refractivity contribution >= 4 is 0 Å². The largest absolute Gasteiger partial charge is 0.457 e. The van der Waals surface area contributed by atoms with Gasteiger partial charge in [-0.05, 0) is 36.2 Å². The van der Waals surface area contributed by atoms with Gasteiger partial charge >= 0.3 is 0 Å². The summed E-state index contributed by atoms with van der Waals surface area (Å²) in [6.07, 6.45) is 6.37. The van der Waals surface area contributed by atoms with Crippen LogP contribution in [-0.4, -0.2) is 6.04 Å². The minimum atomic E-state index is 0.119. The zero-order chi connectivity index (χ0) is 14.2. The van der Waals surface area contributed by atoms with Crippen molar-refractivity contribution in [2.45, 2.75) is 25.9 Å². The van der Waals surface area contributed by atoms with Crippen molar-refractivity contribution in [3.63, 3.8) is 0 Å². The summed E-state index contributed by atoms with van der Waals surface area (Å²) >= 11 is 0. The third kappa shape index (κ3) is 4.15. The standard InChI is InChI=1S/C18H19NO/c1-3-16(4-2)19-14-15-9-8-12-18(13-15)20-17-10-6-5-7-11-17/h1,5-13,16,19H,4,14H2,2H3. The molecule has 2 aromatic rings. The van der Waals surface area contributed by atoms with Gasteiger partial charge in [0.2, 0.25) is 0 Å². The van der Waals surface area contributed by atoms with Crippen molar-refractivity contribution in [1.29, 1.82) is 0 Å². The van der Waals surface area contributed by atoms with Gasteiger partial charge in [-0.1, -0.05) is 43.2 Å². The number of terminal acetylenes is 1. The van der Waals surface area contributed by atoms with Crippen LogP contribution in [0.3, 0.4) is 0 Å². The number of nitrogens with one attached hydrogen (secondary N) is 1. The van der Waals surface area contributed by atoms with Gasteiger partial charge in [0, 0.05) is 6.54 Å². The zero-order valence-corrected chi connectivity index (χ0v) is 11.7. The molecule has 2 heteroatoms. The second-order valence-electron chi connectivity index (χ2n) is 4.57. The van der Waals surface area contributed by atoms with Gasteiger partial charge in [0.1, 0.15) is 11.5 Å². The first-order valence-corrected chi connectivity index (χ1v) is 6.83. The van der Waals surface area contributed by atoms with E-state index in [0.29, 0.717) is 0 Å². The molecule has 0 aliphatic rings. The molecule has 0 amide bonds. The molecule has 0 bridgehead atoms. The second kappa shape index (κ2) is 7.37. The van der Waals surface area contributed by atoms with E-state index in [1.807, 2.05) is 48.5 Å². The summed E-state index contributed by atoms with van der Waals surface area (Å²) in [5.74, 6) is 4.41. The SMILES string of the molecule is C#CC(CC)NCc1cccc(Oc2ccccc2)c1. The molecular weight excluding hydrogens is 246 g/mol. The monoisotopic (exact) mass is 265 g/mol. The minimum Gasteiger partial charge on any atom is -0.457 e. The van der Waals surface area contributed by atoms with E-state index in [9.17, 15) is 0 Å². The fourth-order valence-electron chi connectivity index (χ4n) is 1.91. The Bertz CT molecular complexity index is 571. The van der Waals surface area contributed by atoms with Crippen molar-refractivity contribution in [2.24, 2.45) is 0 Å². The quantitative estimate of drug-likeness (QED) is 0.798. The number of rotatable bonds is 6. The summed E-state index contributed by atoms with van der Waals surface area (Å²) in [4.78, 5) is 0. The third-order valence-electron chi connectivity index (χ3n) is 3.04.